The van der Waals surface area contributed by atoms with E-state index in [1.54, 1.807) is 0 Å². The molecule has 1 aromatic rings. The van der Waals surface area contributed by atoms with E-state index < -0.39 is 24.7 Å². The number of carbonyl (C=O) groups excluding carboxylic acids is 1. The summed E-state index contributed by atoms with van der Waals surface area (Å²) in [5.41, 5.74) is 1.06. The number of nitrogens with zero attached hydrogens (tertiary/aromatic N) is 2. The highest BCUT2D eigenvalue weighted by Gasteiger charge is 2.41. The molecule has 0 bridgehead atoms. The molecule has 1 aliphatic heterocycles. The number of likely N-dealkylation sites (tertiary alicyclic amines) is 1. The largest absolute Gasteiger partial charge is 0.406 e. The van der Waals surface area contributed by atoms with Crippen LogP contribution in [-0.2, 0) is 11.3 Å². The Morgan fingerprint density at radius 2 is 1.95 bits per heavy atom. The predicted octanol–water partition coefficient (Wildman–Crippen LogP) is 2.67. The molecule has 0 aliphatic carbocycles. The molecule has 116 valence electrons. The van der Waals surface area contributed by atoms with E-state index in [1.807, 2.05) is 42.2 Å². The van der Waals surface area contributed by atoms with Gasteiger partial charge >= 0.3 is 6.18 Å². The van der Waals surface area contributed by atoms with Crippen molar-refractivity contribution in [1.82, 2.24) is 9.80 Å². The highest BCUT2D eigenvalue weighted by molar-refractivity contribution is 5.84. The summed E-state index contributed by atoms with van der Waals surface area (Å²) in [6.07, 6.45) is -3.88. The van der Waals surface area contributed by atoms with Crippen LogP contribution in [0.5, 0.6) is 0 Å². The summed E-state index contributed by atoms with van der Waals surface area (Å²) in [6, 6.07) is 9.19. The first-order valence-corrected chi connectivity index (χ1v) is 7.04. The minimum atomic E-state index is -4.33. The molecule has 2 rings (SSSR count). The van der Waals surface area contributed by atoms with Crippen molar-refractivity contribution in [3.63, 3.8) is 0 Å². The van der Waals surface area contributed by atoms with Gasteiger partial charge in [-0.05, 0) is 18.5 Å². The van der Waals surface area contributed by atoms with Crippen molar-refractivity contribution in [2.45, 2.75) is 32.1 Å². The van der Waals surface area contributed by atoms with Crippen LogP contribution in [0.4, 0.5) is 13.2 Å². The lowest BCUT2D eigenvalue weighted by molar-refractivity contribution is -0.159. The normalized spacial score (nSPS) is 19.6. The van der Waals surface area contributed by atoms with Gasteiger partial charge in [-0.15, -0.1) is 0 Å². The van der Waals surface area contributed by atoms with Crippen LogP contribution < -0.4 is 0 Å². The third-order valence-electron chi connectivity index (χ3n) is 3.71. The monoisotopic (exact) mass is 300 g/mol. The zero-order valence-corrected chi connectivity index (χ0v) is 11.9. The highest BCUT2D eigenvalue weighted by atomic mass is 19.4. The lowest BCUT2D eigenvalue weighted by Crippen LogP contribution is -2.43. The molecule has 0 N–H and O–H groups in total. The smallest absolute Gasteiger partial charge is 0.332 e. The van der Waals surface area contributed by atoms with Gasteiger partial charge in [0.25, 0.3) is 0 Å². The number of benzene rings is 1. The van der Waals surface area contributed by atoms with Crippen LogP contribution in [0.1, 0.15) is 18.9 Å². The van der Waals surface area contributed by atoms with Crippen molar-refractivity contribution >= 4 is 5.91 Å². The van der Waals surface area contributed by atoms with Gasteiger partial charge in [0.05, 0.1) is 6.04 Å². The summed E-state index contributed by atoms with van der Waals surface area (Å²) in [4.78, 5) is 15.0. The van der Waals surface area contributed by atoms with E-state index in [-0.39, 0.29) is 6.54 Å². The Labute approximate surface area is 122 Å². The minimum Gasteiger partial charge on any atom is -0.332 e. The van der Waals surface area contributed by atoms with Gasteiger partial charge in [0.2, 0.25) is 5.91 Å². The van der Waals surface area contributed by atoms with E-state index in [0.717, 1.165) is 10.5 Å². The summed E-state index contributed by atoms with van der Waals surface area (Å²) >= 11 is 0. The Kier molecular flexibility index (Phi) is 4.88. The van der Waals surface area contributed by atoms with Gasteiger partial charge in [-0.2, -0.15) is 13.2 Å². The van der Waals surface area contributed by atoms with E-state index >= 15 is 0 Å². The van der Waals surface area contributed by atoms with Gasteiger partial charge in [0.15, 0.2) is 0 Å². The molecular formula is C15H19F3N2O. The van der Waals surface area contributed by atoms with Gasteiger partial charge < -0.3 is 4.90 Å². The van der Waals surface area contributed by atoms with Crippen LogP contribution in [0.2, 0.25) is 0 Å². The Morgan fingerprint density at radius 1 is 1.29 bits per heavy atom. The number of likely N-dealkylation sites (N-methyl/N-ethyl adjacent to an activating group) is 1. The van der Waals surface area contributed by atoms with Gasteiger partial charge in [0, 0.05) is 13.1 Å². The van der Waals surface area contributed by atoms with Crippen molar-refractivity contribution in [1.29, 1.82) is 0 Å². The van der Waals surface area contributed by atoms with Crippen molar-refractivity contribution < 1.29 is 18.0 Å². The number of hydrogen-bond donors (Lipinski definition) is 0. The number of amides is 1. The van der Waals surface area contributed by atoms with E-state index in [9.17, 15) is 18.0 Å². The molecular weight excluding hydrogens is 281 g/mol. The number of alkyl halides is 3. The number of rotatable bonds is 5. The van der Waals surface area contributed by atoms with Crippen LogP contribution >= 0.6 is 0 Å². The maximum absolute atomic E-state index is 12.4. The van der Waals surface area contributed by atoms with E-state index in [4.69, 9.17) is 0 Å². The number of halogens is 3. The van der Waals surface area contributed by atoms with E-state index in [0.29, 0.717) is 19.5 Å². The first kappa shape index (κ1) is 15.8. The Hall–Kier alpha value is -1.56. The van der Waals surface area contributed by atoms with Crippen molar-refractivity contribution in [3.8, 4) is 0 Å². The van der Waals surface area contributed by atoms with E-state index in [1.165, 1.54) is 0 Å². The summed E-state index contributed by atoms with van der Waals surface area (Å²) in [6.45, 7) is 2.15. The average Bonchev–Trinajstić information content (AvgIpc) is 2.77. The fourth-order valence-corrected chi connectivity index (χ4v) is 2.70. The topological polar surface area (TPSA) is 23.6 Å². The van der Waals surface area contributed by atoms with Crippen molar-refractivity contribution in [3.05, 3.63) is 35.9 Å². The zero-order valence-electron chi connectivity index (χ0n) is 11.9. The molecule has 1 aliphatic rings. The Balaban J connectivity index is 2.01. The molecule has 6 heteroatoms. The maximum atomic E-state index is 12.4. The molecule has 21 heavy (non-hydrogen) atoms. The van der Waals surface area contributed by atoms with Gasteiger partial charge in [-0.3, -0.25) is 9.69 Å². The summed E-state index contributed by atoms with van der Waals surface area (Å²) in [5, 5.41) is 0. The predicted molar refractivity (Wildman–Crippen MR) is 73.6 cm³/mol. The van der Waals surface area contributed by atoms with Crippen LogP contribution in [0, 0.1) is 0 Å². The van der Waals surface area contributed by atoms with E-state index in [2.05, 4.69) is 0 Å². The van der Waals surface area contributed by atoms with Crippen molar-refractivity contribution in [2.75, 3.05) is 19.6 Å². The molecule has 1 fully saturated rings. The molecule has 0 radical (unpaired) electrons. The summed E-state index contributed by atoms with van der Waals surface area (Å²) < 4.78 is 37.3. The Bertz CT molecular complexity index is 476. The molecule has 1 amide bonds. The fraction of sp³-hybridized carbons (Fsp3) is 0.533. The minimum absolute atomic E-state index is 0.175. The van der Waals surface area contributed by atoms with Crippen LogP contribution in [0.3, 0.4) is 0 Å². The molecule has 3 nitrogen and oxygen atoms in total. The molecule has 0 saturated carbocycles. The third-order valence-corrected chi connectivity index (χ3v) is 3.71. The molecule has 0 unspecified atom stereocenters. The highest BCUT2D eigenvalue weighted by Crippen LogP contribution is 2.24. The summed E-state index contributed by atoms with van der Waals surface area (Å²) in [5.74, 6) is -0.412. The molecule has 1 saturated heterocycles. The quantitative estimate of drug-likeness (QED) is 0.834. The first-order valence-electron chi connectivity index (χ1n) is 7.04. The second-order valence-electron chi connectivity index (χ2n) is 5.23. The van der Waals surface area contributed by atoms with Crippen LogP contribution in [0.15, 0.2) is 30.3 Å². The molecule has 1 heterocycles. The molecule has 1 atom stereocenters. The second-order valence-corrected chi connectivity index (χ2v) is 5.23. The van der Waals surface area contributed by atoms with Crippen LogP contribution in [0.25, 0.3) is 0 Å². The average molecular weight is 300 g/mol. The standard InChI is InChI=1S/C15H19F3N2O/c1-2-19(10-12-6-4-3-5-7-12)13-8-9-20(14(13)21)11-15(16,17)18/h3-7,13H,2,8-11H2,1H3/t13-/m1/s1. The van der Waals surface area contributed by atoms with Crippen LogP contribution in [-0.4, -0.2) is 47.6 Å². The Morgan fingerprint density at radius 3 is 2.52 bits per heavy atom. The lowest BCUT2D eigenvalue weighted by atomic mass is 10.1. The second kappa shape index (κ2) is 6.47. The number of carbonyl (C=O) groups is 1. The summed E-state index contributed by atoms with van der Waals surface area (Å²) in [7, 11) is 0. The molecule has 0 aromatic heterocycles. The van der Waals surface area contributed by atoms with Gasteiger partial charge in [-0.25, -0.2) is 0 Å². The van der Waals surface area contributed by atoms with Gasteiger partial charge in [-0.1, -0.05) is 37.3 Å². The SMILES string of the molecule is CCN(Cc1ccccc1)[C@@H]1CCN(CC(F)(F)F)C1=O. The van der Waals surface area contributed by atoms with Crippen molar-refractivity contribution in [2.24, 2.45) is 0 Å². The third kappa shape index (κ3) is 4.20. The number of hydrogen-bond acceptors (Lipinski definition) is 2. The fourth-order valence-electron chi connectivity index (χ4n) is 2.70. The molecule has 1 aromatic carbocycles. The zero-order chi connectivity index (χ0) is 15.5. The maximum Gasteiger partial charge on any atom is 0.406 e. The van der Waals surface area contributed by atoms with Gasteiger partial charge in [0.1, 0.15) is 6.54 Å². The molecule has 0 spiro atoms. The lowest BCUT2D eigenvalue weighted by Gasteiger charge is -2.27. The first-order chi connectivity index (χ1) is 9.90.